The Labute approximate surface area is 70.7 Å². The summed E-state index contributed by atoms with van der Waals surface area (Å²) in [6.07, 6.45) is 2.65. The summed E-state index contributed by atoms with van der Waals surface area (Å²) < 4.78 is 0. The van der Waals surface area contributed by atoms with Crippen molar-refractivity contribution in [3.05, 3.63) is 0 Å². The molecule has 2 atom stereocenters. The summed E-state index contributed by atoms with van der Waals surface area (Å²) in [4.78, 5) is 22.3. The van der Waals surface area contributed by atoms with Crippen LogP contribution in [0.15, 0.2) is 0 Å². The summed E-state index contributed by atoms with van der Waals surface area (Å²) in [7, 11) is 0. The smallest absolute Gasteiger partial charge is 0.321 e. The summed E-state index contributed by atoms with van der Waals surface area (Å²) in [5.41, 5.74) is -0.284. The molecule has 1 aliphatic heterocycles. The first-order valence-corrected chi connectivity index (χ1v) is 4.31. The molecule has 1 heterocycles. The third kappa shape index (κ3) is 0.722. The Morgan fingerprint density at radius 3 is 2.75 bits per heavy atom. The molecule has 2 aliphatic rings. The quantitative estimate of drug-likeness (QED) is 0.594. The SMILES string of the molecule is CC[C@]12CC[C@H]1NC(=O)NC2=O. The minimum Gasteiger partial charge on any atom is -0.334 e. The number of imide groups is 1. The molecule has 0 unspecified atom stereocenters. The van der Waals surface area contributed by atoms with Crippen LogP contribution in [0.4, 0.5) is 4.79 Å². The van der Waals surface area contributed by atoms with Crippen molar-refractivity contribution in [2.24, 2.45) is 5.41 Å². The van der Waals surface area contributed by atoms with E-state index in [-0.39, 0.29) is 23.4 Å². The molecule has 12 heavy (non-hydrogen) atoms. The van der Waals surface area contributed by atoms with Gasteiger partial charge in [0.15, 0.2) is 0 Å². The van der Waals surface area contributed by atoms with E-state index in [0.29, 0.717) is 0 Å². The molecule has 2 fully saturated rings. The van der Waals surface area contributed by atoms with Gasteiger partial charge in [-0.05, 0) is 19.3 Å². The van der Waals surface area contributed by atoms with Crippen molar-refractivity contribution < 1.29 is 9.59 Å². The highest BCUT2D eigenvalue weighted by atomic mass is 16.2. The fourth-order valence-electron chi connectivity index (χ4n) is 2.12. The Morgan fingerprint density at radius 2 is 2.33 bits per heavy atom. The number of carbonyl (C=O) groups is 2. The molecule has 2 N–H and O–H groups in total. The zero-order valence-electron chi connectivity index (χ0n) is 7.02. The zero-order valence-corrected chi connectivity index (χ0v) is 7.02. The van der Waals surface area contributed by atoms with Gasteiger partial charge in [0.2, 0.25) is 5.91 Å². The first-order chi connectivity index (χ1) is 5.69. The number of fused-ring (bicyclic) bond motifs is 1. The minimum absolute atomic E-state index is 0.0868. The molecule has 3 amide bonds. The van der Waals surface area contributed by atoms with Crippen LogP contribution in [-0.2, 0) is 4.79 Å². The molecule has 0 bridgehead atoms. The van der Waals surface area contributed by atoms with Gasteiger partial charge in [-0.3, -0.25) is 10.1 Å². The predicted octanol–water partition coefficient (Wildman–Crippen LogP) is 0.385. The van der Waals surface area contributed by atoms with E-state index in [1.165, 1.54) is 0 Å². The predicted molar refractivity (Wildman–Crippen MR) is 42.4 cm³/mol. The van der Waals surface area contributed by atoms with Crippen molar-refractivity contribution >= 4 is 11.9 Å². The van der Waals surface area contributed by atoms with Crippen LogP contribution in [-0.4, -0.2) is 18.0 Å². The molecule has 2 rings (SSSR count). The molecule has 1 aliphatic carbocycles. The largest absolute Gasteiger partial charge is 0.334 e. The molecule has 4 nitrogen and oxygen atoms in total. The Bertz CT molecular complexity index is 247. The molecule has 1 saturated carbocycles. The molecule has 0 aromatic rings. The van der Waals surface area contributed by atoms with Crippen LogP contribution >= 0.6 is 0 Å². The highest BCUT2D eigenvalue weighted by Gasteiger charge is 2.54. The van der Waals surface area contributed by atoms with Crippen LogP contribution in [0.5, 0.6) is 0 Å². The van der Waals surface area contributed by atoms with E-state index in [0.717, 1.165) is 19.3 Å². The van der Waals surface area contributed by atoms with Gasteiger partial charge in [-0.2, -0.15) is 0 Å². The van der Waals surface area contributed by atoms with Crippen LogP contribution in [0.1, 0.15) is 26.2 Å². The van der Waals surface area contributed by atoms with Crippen molar-refractivity contribution in [3.63, 3.8) is 0 Å². The summed E-state index contributed by atoms with van der Waals surface area (Å²) in [5, 5.41) is 5.08. The Hall–Kier alpha value is -1.06. The number of hydrogen-bond donors (Lipinski definition) is 2. The molecule has 0 spiro atoms. The van der Waals surface area contributed by atoms with E-state index in [4.69, 9.17) is 0 Å². The minimum atomic E-state index is -0.339. The van der Waals surface area contributed by atoms with E-state index in [1.807, 2.05) is 6.92 Å². The lowest BCUT2D eigenvalue weighted by atomic mass is 9.61. The van der Waals surface area contributed by atoms with Crippen molar-refractivity contribution in [3.8, 4) is 0 Å². The number of hydrogen-bond acceptors (Lipinski definition) is 2. The fraction of sp³-hybridized carbons (Fsp3) is 0.750. The molecule has 0 radical (unpaired) electrons. The van der Waals surface area contributed by atoms with E-state index >= 15 is 0 Å². The van der Waals surface area contributed by atoms with E-state index < -0.39 is 0 Å². The van der Waals surface area contributed by atoms with E-state index in [2.05, 4.69) is 10.6 Å². The molecular formula is C8H12N2O2. The normalized spacial score (nSPS) is 39.2. The number of nitrogens with one attached hydrogen (secondary N) is 2. The van der Waals surface area contributed by atoms with Gasteiger partial charge in [-0.15, -0.1) is 0 Å². The molecule has 1 saturated heterocycles. The van der Waals surface area contributed by atoms with Gasteiger partial charge in [-0.1, -0.05) is 6.92 Å². The van der Waals surface area contributed by atoms with Gasteiger partial charge in [-0.25, -0.2) is 4.79 Å². The zero-order chi connectivity index (χ0) is 8.77. The fourth-order valence-corrected chi connectivity index (χ4v) is 2.12. The lowest BCUT2D eigenvalue weighted by Gasteiger charge is -2.50. The summed E-state index contributed by atoms with van der Waals surface area (Å²) in [5.74, 6) is -0.0926. The Kier molecular flexibility index (Phi) is 1.40. The average molecular weight is 168 g/mol. The standard InChI is InChI=1S/C8H12N2O2/c1-2-8-4-3-5(8)9-7(12)10-6(8)11/h5H,2-4H2,1H3,(H2,9,10,11,12)/t5-,8+/m1/s1. The maximum absolute atomic E-state index is 11.4. The first kappa shape index (κ1) is 7.58. The van der Waals surface area contributed by atoms with Gasteiger partial charge in [0.25, 0.3) is 0 Å². The van der Waals surface area contributed by atoms with Crippen LogP contribution in [0.2, 0.25) is 0 Å². The maximum Gasteiger partial charge on any atom is 0.321 e. The van der Waals surface area contributed by atoms with Gasteiger partial charge in [0, 0.05) is 6.04 Å². The molecule has 66 valence electrons. The number of carbonyl (C=O) groups excluding carboxylic acids is 2. The molecule has 0 aromatic heterocycles. The van der Waals surface area contributed by atoms with Crippen LogP contribution in [0.25, 0.3) is 0 Å². The topological polar surface area (TPSA) is 58.2 Å². The number of urea groups is 1. The van der Waals surface area contributed by atoms with Gasteiger partial charge in [0.1, 0.15) is 0 Å². The van der Waals surface area contributed by atoms with E-state index in [9.17, 15) is 9.59 Å². The molecule has 4 heteroatoms. The summed E-state index contributed by atoms with van der Waals surface area (Å²) in [6, 6.07) is -0.252. The summed E-state index contributed by atoms with van der Waals surface area (Å²) in [6.45, 7) is 1.99. The van der Waals surface area contributed by atoms with Crippen LogP contribution < -0.4 is 10.6 Å². The van der Waals surface area contributed by atoms with Crippen molar-refractivity contribution in [2.75, 3.05) is 0 Å². The van der Waals surface area contributed by atoms with Crippen LogP contribution in [0.3, 0.4) is 0 Å². The number of amides is 3. The van der Waals surface area contributed by atoms with Crippen molar-refractivity contribution in [1.29, 1.82) is 0 Å². The molecular weight excluding hydrogens is 156 g/mol. The van der Waals surface area contributed by atoms with E-state index in [1.54, 1.807) is 0 Å². The Balaban J connectivity index is 2.23. The average Bonchev–Trinajstić information content (AvgIpc) is 1.98. The number of rotatable bonds is 1. The second-order valence-electron chi connectivity index (χ2n) is 3.53. The lowest BCUT2D eigenvalue weighted by molar-refractivity contribution is -0.139. The third-order valence-electron chi connectivity index (χ3n) is 3.16. The maximum atomic E-state index is 11.4. The second kappa shape index (κ2) is 2.21. The first-order valence-electron chi connectivity index (χ1n) is 4.31. The second-order valence-corrected chi connectivity index (χ2v) is 3.53. The summed E-state index contributed by atoms with van der Waals surface area (Å²) >= 11 is 0. The monoisotopic (exact) mass is 168 g/mol. The van der Waals surface area contributed by atoms with Gasteiger partial charge < -0.3 is 5.32 Å². The lowest BCUT2D eigenvalue weighted by Crippen LogP contribution is -2.69. The highest BCUT2D eigenvalue weighted by Crippen LogP contribution is 2.45. The highest BCUT2D eigenvalue weighted by molar-refractivity contribution is 6.01. The Morgan fingerprint density at radius 1 is 1.58 bits per heavy atom. The van der Waals surface area contributed by atoms with Crippen LogP contribution in [0, 0.1) is 5.41 Å². The van der Waals surface area contributed by atoms with Crippen molar-refractivity contribution in [1.82, 2.24) is 10.6 Å². The molecule has 0 aromatic carbocycles. The van der Waals surface area contributed by atoms with Gasteiger partial charge >= 0.3 is 6.03 Å². The van der Waals surface area contributed by atoms with Crippen molar-refractivity contribution in [2.45, 2.75) is 32.2 Å². The van der Waals surface area contributed by atoms with Gasteiger partial charge in [0.05, 0.1) is 5.41 Å². The third-order valence-corrected chi connectivity index (χ3v) is 3.16.